The van der Waals surface area contributed by atoms with Crippen molar-refractivity contribution in [2.24, 2.45) is 5.92 Å². The van der Waals surface area contributed by atoms with Crippen molar-refractivity contribution >= 4 is 40.4 Å². The molecule has 8 heteroatoms. The van der Waals surface area contributed by atoms with Crippen molar-refractivity contribution in [2.75, 3.05) is 12.4 Å². The molecule has 2 N–H and O–H groups in total. The van der Waals surface area contributed by atoms with E-state index in [1.807, 2.05) is 17.5 Å². The average Bonchev–Trinajstić information content (AvgIpc) is 3.04. The number of aromatic nitrogens is 2. The van der Waals surface area contributed by atoms with Gasteiger partial charge in [-0.1, -0.05) is 29.2 Å². The molecule has 0 aliphatic carbocycles. The maximum Gasteiger partial charge on any atom is 0.307 e. The fraction of sp³-hybridized carbons (Fsp3) is 0.364. The lowest BCUT2D eigenvalue weighted by Crippen LogP contribution is -2.17. The Morgan fingerprint density at radius 3 is 2.95 bits per heavy atom. The number of aliphatic carboxylic acids is 1. The first kappa shape index (κ1) is 14.4. The zero-order chi connectivity index (χ0) is 13.7. The summed E-state index contributed by atoms with van der Waals surface area (Å²) in [4.78, 5) is 12.0. The summed E-state index contributed by atoms with van der Waals surface area (Å²) in [7, 11) is 0. The summed E-state index contributed by atoms with van der Waals surface area (Å²) in [5.74, 6) is -1.04. The number of carboxylic acid groups (broad SMARTS) is 1. The SMILES string of the molecule is O=C(O)C(CCO)CSc1nnc(-c2cccs2)s1. The molecule has 2 aromatic heterocycles. The Balaban J connectivity index is 1.95. The molecule has 0 aliphatic rings. The van der Waals surface area contributed by atoms with Gasteiger partial charge in [-0.05, 0) is 17.9 Å². The van der Waals surface area contributed by atoms with Crippen molar-refractivity contribution in [3.8, 4) is 9.88 Å². The van der Waals surface area contributed by atoms with E-state index in [1.54, 1.807) is 11.3 Å². The van der Waals surface area contributed by atoms with Crippen LogP contribution in [0.4, 0.5) is 0 Å². The van der Waals surface area contributed by atoms with Crippen molar-refractivity contribution in [1.29, 1.82) is 0 Å². The van der Waals surface area contributed by atoms with Crippen LogP contribution >= 0.6 is 34.4 Å². The number of aliphatic hydroxyl groups excluding tert-OH is 1. The molecule has 0 aromatic carbocycles. The number of rotatable bonds is 7. The smallest absolute Gasteiger partial charge is 0.307 e. The summed E-state index contributed by atoms with van der Waals surface area (Å²) in [5.41, 5.74) is 0. The number of aliphatic hydroxyl groups is 1. The van der Waals surface area contributed by atoms with Crippen LogP contribution in [-0.2, 0) is 4.79 Å². The molecule has 0 saturated carbocycles. The highest BCUT2D eigenvalue weighted by Gasteiger charge is 2.18. The van der Waals surface area contributed by atoms with E-state index in [1.165, 1.54) is 23.1 Å². The van der Waals surface area contributed by atoms with Gasteiger partial charge in [0.15, 0.2) is 9.35 Å². The monoisotopic (exact) mass is 316 g/mol. The first-order chi connectivity index (χ1) is 9.20. The van der Waals surface area contributed by atoms with E-state index in [4.69, 9.17) is 10.2 Å². The summed E-state index contributed by atoms with van der Waals surface area (Å²) in [6.07, 6.45) is 0.263. The second-order valence-corrected chi connectivity index (χ2v) is 6.90. The van der Waals surface area contributed by atoms with Gasteiger partial charge < -0.3 is 10.2 Å². The molecule has 19 heavy (non-hydrogen) atoms. The number of hydrogen-bond donors (Lipinski definition) is 2. The second kappa shape index (κ2) is 6.99. The molecule has 1 unspecified atom stereocenters. The minimum atomic E-state index is -0.885. The van der Waals surface area contributed by atoms with Gasteiger partial charge in [-0.15, -0.1) is 21.5 Å². The highest BCUT2D eigenvalue weighted by Crippen LogP contribution is 2.32. The summed E-state index contributed by atoms with van der Waals surface area (Å²) < 4.78 is 0.757. The van der Waals surface area contributed by atoms with Gasteiger partial charge in [0, 0.05) is 12.4 Å². The molecular weight excluding hydrogens is 304 g/mol. The van der Waals surface area contributed by atoms with Gasteiger partial charge in [0.25, 0.3) is 0 Å². The van der Waals surface area contributed by atoms with Gasteiger partial charge in [0.1, 0.15) is 0 Å². The largest absolute Gasteiger partial charge is 0.481 e. The van der Waals surface area contributed by atoms with Crippen LogP contribution in [0.15, 0.2) is 21.9 Å². The molecule has 1 atom stereocenters. The van der Waals surface area contributed by atoms with E-state index in [9.17, 15) is 4.79 Å². The van der Waals surface area contributed by atoms with E-state index >= 15 is 0 Å². The molecular formula is C11H12N2O3S3. The molecule has 0 bridgehead atoms. The molecule has 2 rings (SSSR count). The van der Waals surface area contributed by atoms with Crippen LogP contribution in [0, 0.1) is 5.92 Å². The van der Waals surface area contributed by atoms with Crippen LogP contribution in [0.2, 0.25) is 0 Å². The van der Waals surface area contributed by atoms with Crippen molar-refractivity contribution in [1.82, 2.24) is 10.2 Å². The highest BCUT2D eigenvalue weighted by molar-refractivity contribution is 8.01. The molecule has 0 aliphatic heterocycles. The predicted octanol–water partition coefficient (Wildman–Crippen LogP) is 2.44. The fourth-order valence-corrected chi connectivity index (χ4v) is 4.17. The van der Waals surface area contributed by atoms with Crippen LogP contribution in [-0.4, -0.2) is 38.7 Å². The van der Waals surface area contributed by atoms with E-state index in [0.717, 1.165) is 14.2 Å². The Bertz CT molecular complexity index is 527. The number of thiophene rings is 1. The first-order valence-corrected chi connectivity index (χ1v) is 8.22. The normalized spacial score (nSPS) is 12.5. The molecule has 2 heterocycles. The molecule has 0 amide bonds. The zero-order valence-electron chi connectivity index (χ0n) is 9.85. The zero-order valence-corrected chi connectivity index (χ0v) is 12.3. The third kappa shape index (κ3) is 4.00. The number of thioether (sulfide) groups is 1. The highest BCUT2D eigenvalue weighted by atomic mass is 32.2. The van der Waals surface area contributed by atoms with Crippen molar-refractivity contribution in [3.05, 3.63) is 17.5 Å². The van der Waals surface area contributed by atoms with Crippen molar-refractivity contribution in [3.63, 3.8) is 0 Å². The minimum absolute atomic E-state index is 0.117. The number of nitrogens with zero attached hydrogens (tertiary/aromatic N) is 2. The first-order valence-electron chi connectivity index (χ1n) is 5.54. The molecule has 0 spiro atoms. The number of hydrogen-bond acceptors (Lipinski definition) is 7. The quantitative estimate of drug-likeness (QED) is 0.763. The van der Waals surface area contributed by atoms with Gasteiger partial charge in [0.2, 0.25) is 0 Å². The van der Waals surface area contributed by atoms with Crippen molar-refractivity contribution in [2.45, 2.75) is 10.8 Å². The van der Waals surface area contributed by atoms with Crippen LogP contribution in [0.25, 0.3) is 9.88 Å². The van der Waals surface area contributed by atoms with E-state index in [0.29, 0.717) is 5.75 Å². The van der Waals surface area contributed by atoms with Gasteiger partial charge >= 0.3 is 5.97 Å². The summed E-state index contributed by atoms with van der Waals surface area (Å²) in [5, 5.41) is 28.8. The average molecular weight is 316 g/mol. The lowest BCUT2D eigenvalue weighted by atomic mass is 10.1. The molecule has 5 nitrogen and oxygen atoms in total. The van der Waals surface area contributed by atoms with E-state index < -0.39 is 11.9 Å². The molecule has 102 valence electrons. The maximum atomic E-state index is 10.9. The number of carbonyl (C=O) groups is 1. The molecule has 2 aromatic rings. The predicted molar refractivity (Wildman–Crippen MR) is 76.8 cm³/mol. The number of carboxylic acids is 1. The summed E-state index contributed by atoms with van der Waals surface area (Å²) >= 11 is 4.43. The standard InChI is InChI=1S/C11H12N2O3S3/c14-4-3-7(10(15)16)6-18-11-13-12-9(19-11)8-2-1-5-17-8/h1-2,5,7,14H,3-4,6H2,(H,15,16). The van der Waals surface area contributed by atoms with Crippen molar-refractivity contribution < 1.29 is 15.0 Å². The van der Waals surface area contributed by atoms with Gasteiger partial charge in [0.05, 0.1) is 10.8 Å². The Morgan fingerprint density at radius 2 is 2.32 bits per heavy atom. The van der Waals surface area contributed by atoms with Crippen LogP contribution in [0.1, 0.15) is 6.42 Å². The van der Waals surface area contributed by atoms with Crippen LogP contribution in [0.5, 0.6) is 0 Å². The molecule has 0 radical (unpaired) electrons. The summed E-state index contributed by atoms with van der Waals surface area (Å²) in [6.45, 7) is -0.117. The Morgan fingerprint density at radius 1 is 1.47 bits per heavy atom. The second-order valence-electron chi connectivity index (χ2n) is 3.71. The molecule has 0 fully saturated rings. The third-order valence-corrected chi connectivity index (χ3v) is 5.63. The van der Waals surface area contributed by atoms with Crippen LogP contribution in [0.3, 0.4) is 0 Å². The Labute approximate surface area is 122 Å². The van der Waals surface area contributed by atoms with E-state index in [-0.39, 0.29) is 13.0 Å². The molecule has 0 saturated heterocycles. The minimum Gasteiger partial charge on any atom is -0.481 e. The lowest BCUT2D eigenvalue weighted by Gasteiger charge is -2.07. The lowest BCUT2D eigenvalue weighted by molar-refractivity contribution is -0.141. The third-order valence-electron chi connectivity index (χ3n) is 2.37. The Kier molecular flexibility index (Phi) is 5.32. The summed E-state index contributed by atoms with van der Waals surface area (Å²) in [6, 6.07) is 3.93. The van der Waals surface area contributed by atoms with Gasteiger partial charge in [-0.3, -0.25) is 4.79 Å². The Hall–Kier alpha value is -0.960. The van der Waals surface area contributed by atoms with Gasteiger partial charge in [-0.25, -0.2) is 0 Å². The van der Waals surface area contributed by atoms with Gasteiger partial charge in [-0.2, -0.15) is 0 Å². The maximum absolute atomic E-state index is 10.9. The van der Waals surface area contributed by atoms with E-state index in [2.05, 4.69) is 10.2 Å². The van der Waals surface area contributed by atoms with Crippen LogP contribution < -0.4 is 0 Å². The topological polar surface area (TPSA) is 83.3 Å². The fourth-order valence-electron chi connectivity index (χ4n) is 1.37.